The summed E-state index contributed by atoms with van der Waals surface area (Å²) in [6.07, 6.45) is 7.60. The van der Waals surface area contributed by atoms with Crippen LogP contribution in [0, 0.1) is 23.2 Å². The Morgan fingerprint density at radius 3 is 2.17 bits per heavy atom. The van der Waals surface area contributed by atoms with E-state index in [1.165, 1.54) is 5.69 Å². The Labute approximate surface area is 309 Å². The number of allylic oxidation sites excluding steroid dienone is 1. The lowest BCUT2D eigenvalue weighted by Gasteiger charge is -2.42. The molecule has 52 heavy (non-hydrogen) atoms. The Hall–Kier alpha value is -4.63. The van der Waals surface area contributed by atoms with E-state index < -0.39 is 0 Å². The molecule has 0 radical (unpaired) electrons. The van der Waals surface area contributed by atoms with E-state index in [1.807, 2.05) is 73.8 Å². The molecule has 0 bridgehead atoms. The van der Waals surface area contributed by atoms with Crippen LogP contribution in [0.3, 0.4) is 0 Å². The minimum Gasteiger partial charge on any atom is -0.475 e. The summed E-state index contributed by atoms with van der Waals surface area (Å²) >= 11 is 0. The normalized spacial score (nSPS) is 20.8. The summed E-state index contributed by atoms with van der Waals surface area (Å²) in [5.74, 6) is 1.48. The molecule has 0 aromatic heterocycles. The Kier molecular flexibility index (Phi) is 13.0. The van der Waals surface area contributed by atoms with Gasteiger partial charge in [-0.1, -0.05) is 74.5 Å². The maximum Gasteiger partial charge on any atom is 0.306 e. The van der Waals surface area contributed by atoms with Gasteiger partial charge >= 0.3 is 5.97 Å². The molecule has 3 aliphatic rings. The lowest BCUT2D eigenvalue weighted by atomic mass is 9.83. The highest BCUT2D eigenvalue weighted by Crippen LogP contribution is 2.33. The number of ether oxygens (including phenoxy) is 3. The second-order valence-electron chi connectivity index (χ2n) is 14.7. The minimum absolute atomic E-state index is 0.0355. The fourth-order valence-electron chi connectivity index (χ4n) is 7.45. The Balaban J connectivity index is 1.06. The van der Waals surface area contributed by atoms with E-state index in [2.05, 4.69) is 47.2 Å². The second kappa shape index (κ2) is 18.2. The largest absolute Gasteiger partial charge is 0.475 e. The fraction of sp³-hybridized carbons (Fsp3) is 0.465. The first-order valence-corrected chi connectivity index (χ1v) is 19.0. The summed E-state index contributed by atoms with van der Waals surface area (Å²) in [7, 11) is 1.92. The van der Waals surface area contributed by atoms with Crippen LogP contribution in [0.1, 0.15) is 69.1 Å². The third-order valence-corrected chi connectivity index (χ3v) is 10.5. The zero-order valence-corrected chi connectivity index (χ0v) is 31.1. The summed E-state index contributed by atoms with van der Waals surface area (Å²) < 4.78 is 17.8. The molecule has 1 unspecified atom stereocenters. The molecule has 9 heteroatoms. The van der Waals surface area contributed by atoms with Crippen molar-refractivity contribution in [2.24, 2.45) is 22.7 Å². The van der Waals surface area contributed by atoms with Gasteiger partial charge in [-0.25, -0.2) is 0 Å². The lowest BCUT2D eigenvalue weighted by Crippen LogP contribution is -2.51. The van der Waals surface area contributed by atoms with Crippen LogP contribution in [0.25, 0.3) is 0 Å². The van der Waals surface area contributed by atoms with Gasteiger partial charge in [0.05, 0.1) is 18.2 Å². The maximum absolute atomic E-state index is 12.2. The van der Waals surface area contributed by atoms with Gasteiger partial charge in [-0.2, -0.15) is 4.99 Å². The quantitative estimate of drug-likeness (QED) is 0.129. The SMILES string of the molecule is CNc1cc(N2CCN(C3CCC(CC(=O)OCC(C)C)CC3)CC2)ccc1C(=N)C1CC=C(OCc2ccccc2)N=C1OCc1ccccc1. The van der Waals surface area contributed by atoms with Gasteiger partial charge in [-0.3, -0.25) is 9.69 Å². The second-order valence-corrected chi connectivity index (χ2v) is 14.7. The van der Waals surface area contributed by atoms with E-state index in [4.69, 9.17) is 19.2 Å². The molecular formula is C43H55N5O4. The lowest BCUT2D eigenvalue weighted by molar-refractivity contribution is -0.146. The van der Waals surface area contributed by atoms with Crippen molar-refractivity contribution in [2.75, 3.05) is 50.1 Å². The molecule has 1 saturated heterocycles. The first kappa shape index (κ1) is 37.1. The van der Waals surface area contributed by atoms with Crippen LogP contribution in [-0.2, 0) is 32.2 Å². The molecule has 3 aromatic carbocycles. The number of carbonyl (C=O) groups is 1. The average Bonchev–Trinajstić information content (AvgIpc) is 3.19. The van der Waals surface area contributed by atoms with Crippen LogP contribution in [0.4, 0.5) is 11.4 Å². The van der Waals surface area contributed by atoms with E-state index in [0.717, 1.165) is 74.2 Å². The zero-order valence-electron chi connectivity index (χ0n) is 31.1. The first-order valence-electron chi connectivity index (χ1n) is 19.0. The number of esters is 1. The van der Waals surface area contributed by atoms with Gasteiger partial charge in [0.15, 0.2) is 0 Å². The molecule has 9 nitrogen and oxygen atoms in total. The smallest absolute Gasteiger partial charge is 0.306 e. The minimum atomic E-state index is -0.338. The number of nitrogens with one attached hydrogen (secondary N) is 2. The van der Waals surface area contributed by atoms with E-state index in [1.54, 1.807) is 0 Å². The van der Waals surface area contributed by atoms with Crippen LogP contribution >= 0.6 is 0 Å². The summed E-state index contributed by atoms with van der Waals surface area (Å²) in [5, 5.41) is 12.8. The molecule has 6 rings (SSSR count). The molecule has 1 saturated carbocycles. The van der Waals surface area contributed by atoms with Gasteiger partial charge < -0.3 is 29.8 Å². The number of anilines is 2. The molecule has 0 amide bonds. The van der Waals surface area contributed by atoms with Crippen LogP contribution in [0.5, 0.6) is 0 Å². The van der Waals surface area contributed by atoms with Gasteiger partial charge in [-0.15, -0.1) is 0 Å². The average molecular weight is 706 g/mol. The van der Waals surface area contributed by atoms with Crippen molar-refractivity contribution >= 4 is 29.0 Å². The van der Waals surface area contributed by atoms with Gasteiger partial charge in [0.1, 0.15) is 13.2 Å². The maximum atomic E-state index is 12.2. The van der Waals surface area contributed by atoms with Crippen molar-refractivity contribution < 1.29 is 19.0 Å². The molecule has 1 atom stereocenters. The van der Waals surface area contributed by atoms with E-state index in [9.17, 15) is 10.2 Å². The van der Waals surface area contributed by atoms with Gasteiger partial charge in [0.2, 0.25) is 11.8 Å². The number of aliphatic imine (C=N–C) groups is 1. The van der Waals surface area contributed by atoms with E-state index in [-0.39, 0.29) is 11.9 Å². The number of hydrogen-bond acceptors (Lipinski definition) is 9. The first-order chi connectivity index (χ1) is 25.4. The van der Waals surface area contributed by atoms with Crippen molar-refractivity contribution in [1.82, 2.24) is 4.90 Å². The molecule has 2 aliphatic heterocycles. The zero-order chi connectivity index (χ0) is 36.3. The summed E-state index contributed by atoms with van der Waals surface area (Å²) in [6, 6.07) is 27.1. The van der Waals surface area contributed by atoms with Gasteiger partial charge in [0.25, 0.3) is 0 Å². The van der Waals surface area contributed by atoms with Gasteiger partial charge in [-0.05, 0) is 79.3 Å². The monoisotopic (exact) mass is 705 g/mol. The third-order valence-electron chi connectivity index (χ3n) is 10.5. The molecule has 3 aromatic rings. The summed E-state index contributed by atoms with van der Waals surface area (Å²) in [4.78, 5) is 22.2. The third kappa shape index (κ3) is 10.0. The number of rotatable bonds is 14. The molecule has 1 aliphatic carbocycles. The van der Waals surface area contributed by atoms with Crippen molar-refractivity contribution in [2.45, 2.75) is 71.6 Å². The number of benzene rings is 3. The van der Waals surface area contributed by atoms with Crippen molar-refractivity contribution in [3.63, 3.8) is 0 Å². The number of nitrogens with zero attached hydrogens (tertiary/aromatic N) is 3. The van der Waals surface area contributed by atoms with Crippen LogP contribution < -0.4 is 10.2 Å². The van der Waals surface area contributed by atoms with Crippen LogP contribution in [-0.4, -0.2) is 68.4 Å². The number of hydrogen-bond donors (Lipinski definition) is 2. The standard InChI is InChI=1S/C43H55N5O4/c1-31(2)28-51-41(49)26-32-14-16-35(17-15-32)47-22-24-48(25-23-47)36-18-19-37(39(27-36)45-3)42(44)38-20-21-40(50-29-33-10-6-4-7-11-33)46-43(38)52-30-34-12-8-5-9-13-34/h4-13,18-19,21,27,31-32,35,38,44-45H,14-17,20,22-26,28-30H2,1-3H3. The Morgan fingerprint density at radius 2 is 1.54 bits per heavy atom. The number of piperazine rings is 1. The topological polar surface area (TPSA) is 99.5 Å². The highest BCUT2D eigenvalue weighted by molar-refractivity contribution is 6.14. The van der Waals surface area contributed by atoms with E-state index in [0.29, 0.717) is 68.0 Å². The molecular weight excluding hydrogens is 651 g/mol. The number of carbonyl (C=O) groups excluding carboxylic acids is 1. The van der Waals surface area contributed by atoms with Gasteiger partial charge in [0, 0.05) is 62.6 Å². The molecule has 0 spiro atoms. The highest BCUT2D eigenvalue weighted by Gasteiger charge is 2.31. The van der Waals surface area contributed by atoms with Crippen molar-refractivity contribution in [3.05, 3.63) is 108 Å². The molecule has 276 valence electrons. The van der Waals surface area contributed by atoms with Crippen LogP contribution in [0.15, 0.2) is 95.8 Å². The molecule has 2 fully saturated rings. The van der Waals surface area contributed by atoms with Crippen molar-refractivity contribution in [3.8, 4) is 0 Å². The predicted octanol–water partition coefficient (Wildman–Crippen LogP) is 8.06. The Morgan fingerprint density at radius 1 is 0.885 bits per heavy atom. The van der Waals surface area contributed by atoms with Crippen LogP contribution in [0.2, 0.25) is 0 Å². The summed E-state index contributed by atoms with van der Waals surface area (Å²) in [6.45, 7) is 9.43. The Bertz CT molecular complexity index is 1680. The molecule has 2 N–H and O–H groups in total. The fourth-order valence-corrected chi connectivity index (χ4v) is 7.45. The molecule has 2 heterocycles. The van der Waals surface area contributed by atoms with Crippen molar-refractivity contribution in [1.29, 1.82) is 5.41 Å². The summed E-state index contributed by atoms with van der Waals surface area (Å²) in [5.41, 5.74) is 5.52. The highest BCUT2D eigenvalue weighted by atomic mass is 16.5. The van der Waals surface area contributed by atoms with E-state index >= 15 is 0 Å². The predicted molar refractivity (Wildman–Crippen MR) is 209 cm³/mol.